The number of anilines is 1. The molecular formula is C15H16FIN4O3. The lowest BCUT2D eigenvalue weighted by Crippen LogP contribution is -2.33. The van der Waals surface area contributed by atoms with E-state index in [0.29, 0.717) is 18.2 Å². The summed E-state index contributed by atoms with van der Waals surface area (Å²) in [5.41, 5.74) is 1.12. The quantitative estimate of drug-likeness (QED) is 0.574. The van der Waals surface area contributed by atoms with Crippen molar-refractivity contribution in [3.63, 3.8) is 0 Å². The van der Waals surface area contributed by atoms with Gasteiger partial charge in [-0.1, -0.05) is 0 Å². The number of hydrogen-bond acceptors (Lipinski definition) is 7. The van der Waals surface area contributed by atoms with Crippen LogP contribution >= 0.6 is 22.6 Å². The molecule has 0 aromatic heterocycles. The van der Waals surface area contributed by atoms with Crippen LogP contribution in [0.15, 0.2) is 47.1 Å². The van der Waals surface area contributed by atoms with E-state index in [-0.39, 0.29) is 19.0 Å². The van der Waals surface area contributed by atoms with Crippen LogP contribution < -0.4 is 5.32 Å². The maximum Gasteiger partial charge on any atom is 0.147 e. The van der Waals surface area contributed by atoms with Crippen LogP contribution in [0.5, 0.6) is 0 Å². The third kappa shape index (κ3) is 3.86. The summed E-state index contributed by atoms with van der Waals surface area (Å²) in [5.74, 6) is 0.263. The van der Waals surface area contributed by atoms with Gasteiger partial charge in [-0.15, -0.1) is 0 Å². The van der Waals surface area contributed by atoms with Gasteiger partial charge in [-0.05, 0) is 40.8 Å². The molecule has 2 aliphatic rings. The second kappa shape index (κ2) is 7.47. The minimum Gasteiger partial charge on any atom is -0.394 e. The molecule has 0 saturated carbocycles. The summed E-state index contributed by atoms with van der Waals surface area (Å²) in [5, 5.41) is 22.7. The molecule has 0 spiro atoms. The standard InChI is InChI=1S/C15H16FIN4O3/c16-13-3-10(17)1-2-14(13)19-15-5-18-4-11-6-20(9-21(11)15)24-8-12(23)7-22/h1-6,12,19,22-23H,7-9H2/t12-/m1/s1. The first-order valence-corrected chi connectivity index (χ1v) is 8.28. The minimum atomic E-state index is -0.941. The zero-order valence-electron chi connectivity index (χ0n) is 12.6. The first-order chi connectivity index (χ1) is 11.6. The summed E-state index contributed by atoms with van der Waals surface area (Å²) in [7, 11) is 0. The lowest BCUT2D eigenvalue weighted by Gasteiger charge is -2.27. The van der Waals surface area contributed by atoms with Crippen molar-refractivity contribution in [2.45, 2.75) is 6.10 Å². The lowest BCUT2D eigenvalue weighted by atomic mass is 10.3. The number of aliphatic hydroxyl groups is 2. The fourth-order valence-corrected chi connectivity index (χ4v) is 2.65. The van der Waals surface area contributed by atoms with Gasteiger partial charge in [0.2, 0.25) is 0 Å². The third-order valence-electron chi connectivity index (χ3n) is 3.40. The van der Waals surface area contributed by atoms with Gasteiger partial charge in [0, 0.05) is 3.57 Å². The van der Waals surface area contributed by atoms with Crippen molar-refractivity contribution in [3.05, 3.63) is 51.5 Å². The van der Waals surface area contributed by atoms with Crippen molar-refractivity contribution in [2.75, 3.05) is 25.2 Å². The molecule has 3 rings (SSSR count). The average Bonchev–Trinajstić information content (AvgIpc) is 2.99. The predicted octanol–water partition coefficient (Wildman–Crippen LogP) is 1.43. The molecule has 128 valence electrons. The molecule has 0 unspecified atom stereocenters. The predicted molar refractivity (Wildman–Crippen MR) is 95.0 cm³/mol. The van der Waals surface area contributed by atoms with Crippen molar-refractivity contribution >= 4 is 34.5 Å². The van der Waals surface area contributed by atoms with Gasteiger partial charge in [0.1, 0.15) is 31.0 Å². The fraction of sp³-hybridized carbons (Fsp3) is 0.267. The van der Waals surface area contributed by atoms with Crippen LogP contribution in [0.2, 0.25) is 0 Å². The molecule has 0 bridgehead atoms. The Labute approximate surface area is 151 Å². The Hall–Kier alpha value is -1.69. The van der Waals surface area contributed by atoms with Gasteiger partial charge in [0.15, 0.2) is 0 Å². The largest absolute Gasteiger partial charge is 0.394 e. The van der Waals surface area contributed by atoms with E-state index >= 15 is 0 Å². The van der Waals surface area contributed by atoms with Crippen LogP contribution in [-0.2, 0) is 4.84 Å². The molecule has 0 amide bonds. The summed E-state index contributed by atoms with van der Waals surface area (Å²) in [6.45, 7) is -0.0395. The molecule has 2 aliphatic heterocycles. The lowest BCUT2D eigenvalue weighted by molar-refractivity contribution is -0.154. The Bertz CT molecular complexity index is 710. The Morgan fingerprint density at radius 2 is 2.29 bits per heavy atom. The number of rotatable bonds is 6. The molecule has 7 nitrogen and oxygen atoms in total. The smallest absolute Gasteiger partial charge is 0.147 e. The first kappa shape index (κ1) is 17.1. The van der Waals surface area contributed by atoms with E-state index in [2.05, 4.69) is 32.9 Å². The summed E-state index contributed by atoms with van der Waals surface area (Å²) < 4.78 is 14.8. The van der Waals surface area contributed by atoms with E-state index in [1.807, 2.05) is 11.0 Å². The fourth-order valence-electron chi connectivity index (χ4n) is 2.19. The number of hydroxylamine groups is 2. The number of aliphatic imine (C=N–C) groups is 1. The van der Waals surface area contributed by atoms with Gasteiger partial charge in [-0.2, -0.15) is 0 Å². The van der Waals surface area contributed by atoms with Gasteiger partial charge in [0.25, 0.3) is 0 Å². The van der Waals surface area contributed by atoms with Crippen molar-refractivity contribution < 1.29 is 19.4 Å². The van der Waals surface area contributed by atoms with Crippen LogP contribution in [0.4, 0.5) is 10.1 Å². The zero-order valence-corrected chi connectivity index (χ0v) is 14.7. The highest BCUT2D eigenvalue weighted by atomic mass is 127. The molecule has 0 fully saturated rings. The first-order valence-electron chi connectivity index (χ1n) is 7.20. The van der Waals surface area contributed by atoms with Crippen LogP contribution in [0, 0.1) is 9.39 Å². The Morgan fingerprint density at radius 3 is 3.04 bits per heavy atom. The maximum atomic E-state index is 14.0. The summed E-state index contributed by atoms with van der Waals surface area (Å²) in [4.78, 5) is 11.4. The van der Waals surface area contributed by atoms with Gasteiger partial charge >= 0.3 is 0 Å². The monoisotopic (exact) mass is 446 g/mol. The molecule has 1 aromatic rings. The van der Waals surface area contributed by atoms with E-state index in [0.717, 1.165) is 9.27 Å². The van der Waals surface area contributed by atoms with Crippen molar-refractivity contribution in [2.24, 2.45) is 4.99 Å². The number of hydrogen-bond donors (Lipinski definition) is 3. The number of benzene rings is 1. The minimum absolute atomic E-state index is 0.0243. The normalized spacial score (nSPS) is 17.5. The Balaban J connectivity index is 1.68. The van der Waals surface area contributed by atoms with Gasteiger partial charge < -0.3 is 20.4 Å². The topological polar surface area (TPSA) is 80.6 Å². The van der Waals surface area contributed by atoms with Crippen LogP contribution in [0.1, 0.15) is 0 Å². The Morgan fingerprint density at radius 1 is 1.46 bits per heavy atom. The second-order valence-corrected chi connectivity index (χ2v) is 6.46. The molecule has 0 radical (unpaired) electrons. The summed E-state index contributed by atoms with van der Waals surface area (Å²) in [6.07, 6.45) is 4.03. The van der Waals surface area contributed by atoms with E-state index in [9.17, 15) is 9.50 Å². The van der Waals surface area contributed by atoms with E-state index in [4.69, 9.17) is 9.94 Å². The van der Waals surface area contributed by atoms with Crippen LogP contribution in [0.3, 0.4) is 0 Å². The molecule has 0 saturated heterocycles. The number of nitrogens with one attached hydrogen (secondary N) is 1. The second-order valence-electron chi connectivity index (χ2n) is 5.21. The molecule has 1 aromatic carbocycles. The number of allylic oxidation sites excluding steroid dienone is 1. The van der Waals surface area contributed by atoms with Gasteiger partial charge in [-0.25, -0.2) is 9.45 Å². The van der Waals surface area contributed by atoms with Crippen molar-refractivity contribution in [1.29, 1.82) is 0 Å². The summed E-state index contributed by atoms with van der Waals surface area (Å²) in [6, 6.07) is 4.93. The van der Waals surface area contributed by atoms with Gasteiger partial charge in [-0.3, -0.25) is 9.83 Å². The summed E-state index contributed by atoms with van der Waals surface area (Å²) >= 11 is 2.05. The van der Waals surface area contributed by atoms with E-state index < -0.39 is 6.10 Å². The number of halogens is 2. The highest BCUT2D eigenvalue weighted by Crippen LogP contribution is 2.26. The van der Waals surface area contributed by atoms with Crippen molar-refractivity contribution in [3.8, 4) is 0 Å². The van der Waals surface area contributed by atoms with Crippen LogP contribution in [0.25, 0.3) is 0 Å². The molecule has 24 heavy (non-hydrogen) atoms. The number of aliphatic hydroxyl groups excluding tert-OH is 2. The van der Waals surface area contributed by atoms with Crippen molar-refractivity contribution in [1.82, 2.24) is 9.96 Å². The third-order valence-corrected chi connectivity index (χ3v) is 4.07. The van der Waals surface area contributed by atoms with E-state index in [1.165, 1.54) is 11.1 Å². The molecule has 0 aliphatic carbocycles. The molecule has 3 N–H and O–H groups in total. The molecule has 9 heteroatoms. The van der Waals surface area contributed by atoms with Gasteiger partial charge in [0.05, 0.1) is 36.6 Å². The molecule has 2 heterocycles. The van der Waals surface area contributed by atoms with Crippen LogP contribution in [-0.4, -0.2) is 52.4 Å². The average molecular weight is 446 g/mol. The van der Waals surface area contributed by atoms with E-state index in [1.54, 1.807) is 24.7 Å². The zero-order chi connectivity index (χ0) is 17.1. The maximum absolute atomic E-state index is 14.0. The number of nitrogens with zero attached hydrogens (tertiary/aromatic N) is 3. The SMILES string of the molecule is OC[C@@H](O)CON1C=C2C=NC=C(Nc3ccc(I)cc3F)N2C1. The molecular weight excluding hydrogens is 430 g/mol. The number of fused-ring (bicyclic) bond motifs is 1. The highest BCUT2D eigenvalue weighted by molar-refractivity contribution is 14.1. The molecule has 1 atom stereocenters. The Kier molecular flexibility index (Phi) is 5.33. The highest BCUT2D eigenvalue weighted by Gasteiger charge is 2.26.